The van der Waals surface area contributed by atoms with E-state index in [1.807, 2.05) is 13.1 Å². The van der Waals surface area contributed by atoms with Crippen molar-refractivity contribution in [2.75, 3.05) is 6.54 Å². The van der Waals surface area contributed by atoms with Gasteiger partial charge in [-0.25, -0.2) is 0 Å². The van der Waals surface area contributed by atoms with E-state index < -0.39 is 11.9 Å². The van der Waals surface area contributed by atoms with Crippen molar-refractivity contribution in [2.24, 2.45) is 13.0 Å². The Morgan fingerprint density at radius 1 is 1.43 bits per heavy atom. The van der Waals surface area contributed by atoms with Gasteiger partial charge in [-0.2, -0.15) is 5.10 Å². The molecule has 6 nitrogen and oxygen atoms in total. The third kappa shape index (κ3) is 3.43. The van der Waals surface area contributed by atoms with Crippen LogP contribution in [0, 0.1) is 5.92 Å². The van der Waals surface area contributed by atoms with Crippen LogP contribution in [0.5, 0.6) is 0 Å². The Morgan fingerprint density at radius 3 is 2.48 bits per heavy atom. The maximum absolute atomic E-state index is 12.6. The van der Waals surface area contributed by atoms with E-state index in [1.54, 1.807) is 16.5 Å². The number of nitrogens with zero attached hydrogens (tertiary/aromatic N) is 3. The van der Waals surface area contributed by atoms with E-state index in [-0.39, 0.29) is 24.4 Å². The summed E-state index contributed by atoms with van der Waals surface area (Å²) in [4.78, 5) is 25.3. The Morgan fingerprint density at radius 2 is 2.05 bits per heavy atom. The molecule has 1 amide bonds. The van der Waals surface area contributed by atoms with Gasteiger partial charge in [0, 0.05) is 25.3 Å². The van der Waals surface area contributed by atoms with Crippen LogP contribution in [-0.4, -0.2) is 44.3 Å². The highest BCUT2D eigenvalue weighted by Gasteiger charge is 2.36. The van der Waals surface area contributed by atoms with Gasteiger partial charge >= 0.3 is 5.97 Å². The molecule has 1 aliphatic carbocycles. The largest absolute Gasteiger partial charge is 0.481 e. The zero-order chi connectivity index (χ0) is 15.7. The number of aliphatic carboxylic acids is 1. The molecule has 2 rings (SSSR count). The van der Waals surface area contributed by atoms with Crippen LogP contribution < -0.4 is 0 Å². The van der Waals surface area contributed by atoms with Gasteiger partial charge in [-0.05, 0) is 24.8 Å². The first-order valence-electron chi connectivity index (χ1n) is 7.39. The fourth-order valence-corrected chi connectivity index (χ4v) is 2.43. The molecule has 0 aromatic carbocycles. The van der Waals surface area contributed by atoms with Crippen molar-refractivity contribution >= 4 is 11.9 Å². The molecule has 1 heterocycles. The van der Waals surface area contributed by atoms with Gasteiger partial charge in [-0.1, -0.05) is 20.8 Å². The van der Waals surface area contributed by atoms with Crippen molar-refractivity contribution in [2.45, 2.75) is 45.6 Å². The summed E-state index contributed by atoms with van der Waals surface area (Å²) in [6.07, 6.45) is 1.89. The minimum atomic E-state index is -0.877. The molecule has 116 valence electrons. The summed E-state index contributed by atoms with van der Waals surface area (Å²) in [5.74, 6) is -1.32. The zero-order valence-electron chi connectivity index (χ0n) is 13.0. The van der Waals surface area contributed by atoms with E-state index >= 15 is 0 Å². The molecule has 6 heteroatoms. The number of carbonyl (C=O) groups is 2. The lowest BCUT2D eigenvalue weighted by Gasteiger charge is -2.23. The highest BCUT2D eigenvalue weighted by molar-refractivity contribution is 5.93. The fraction of sp³-hybridized carbons (Fsp3) is 0.667. The molecule has 1 N–H and O–H groups in total. The normalized spacial score (nSPS) is 16.0. The predicted molar refractivity (Wildman–Crippen MR) is 78.2 cm³/mol. The van der Waals surface area contributed by atoms with Crippen molar-refractivity contribution in [1.82, 2.24) is 14.7 Å². The third-order valence-electron chi connectivity index (χ3n) is 3.87. The van der Waals surface area contributed by atoms with Gasteiger partial charge in [0.2, 0.25) is 0 Å². The molecule has 0 spiro atoms. The first-order valence-corrected chi connectivity index (χ1v) is 7.39. The number of hydrogen-bond acceptors (Lipinski definition) is 3. The van der Waals surface area contributed by atoms with Crippen molar-refractivity contribution in [1.29, 1.82) is 0 Å². The summed E-state index contributed by atoms with van der Waals surface area (Å²) in [5.41, 5.74) is 1.41. The van der Waals surface area contributed by atoms with Gasteiger partial charge in [-0.3, -0.25) is 14.3 Å². The SMILES string of the molecule is CC(CN(C(=O)c1cc(C(C)C)n(C)n1)C1CC1)C(=O)O. The molecule has 1 aromatic rings. The average Bonchev–Trinajstić information content (AvgIpc) is 3.16. The molecule has 21 heavy (non-hydrogen) atoms. The summed E-state index contributed by atoms with van der Waals surface area (Å²) < 4.78 is 1.73. The van der Waals surface area contributed by atoms with E-state index in [1.165, 1.54) is 0 Å². The second-order valence-corrected chi connectivity index (χ2v) is 6.16. The van der Waals surface area contributed by atoms with E-state index in [9.17, 15) is 9.59 Å². The van der Waals surface area contributed by atoms with Gasteiger partial charge in [0.15, 0.2) is 5.69 Å². The number of aryl methyl sites for hydroxylation is 1. The predicted octanol–water partition coefficient (Wildman–Crippen LogP) is 1.87. The van der Waals surface area contributed by atoms with Crippen LogP contribution in [0.1, 0.15) is 55.7 Å². The topological polar surface area (TPSA) is 75.4 Å². The Labute approximate surface area is 124 Å². The Balaban J connectivity index is 2.18. The second-order valence-electron chi connectivity index (χ2n) is 6.16. The number of carboxylic acid groups (broad SMARTS) is 1. The first kappa shape index (κ1) is 15.5. The van der Waals surface area contributed by atoms with Crippen LogP contribution in [0.4, 0.5) is 0 Å². The molecular formula is C15H23N3O3. The molecular weight excluding hydrogens is 270 g/mol. The maximum atomic E-state index is 12.6. The number of carbonyl (C=O) groups excluding carboxylic acids is 1. The van der Waals surface area contributed by atoms with Crippen LogP contribution >= 0.6 is 0 Å². The molecule has 1 aliphatic rings. The minimum absolute atomic E-state index is 0.159. The number of hydrogen-bond donors (Lipinski definition) is 1. The first-order chi connectivity index (χ1) is 9.81. The van der Waals surface area contributed by atoms with E-state index in [2.05, 4.69) is 18.9 Å². The lowest BCUT2D eigenvalue weighted by atomic mass is 10.1. The molecule has 0 bridgehead atoms. The summed E-state index contributed by atoms with van der Waals surface area (Å²) in [6, 6.07) is 1.98. The Hall–Kier alpha value is -1.85. The zero-order valence-corrected chi connectivity index (χ0v) is 13.0. The number of aromatic nitrogens is 2. The molecule has 1 aromatic heterocycles. The van der Waals surface area contributed by atoms with Crippen molar-refractivity contribution in [3.8, 4) is 0 Å². The number of rotatable bonds is 6. The van der Waals surface area contributed by atoms with Gasteiger partial charge < -0.3 is 10.0 Å². The summed E-state index contributed by atoms with van der Waals surface area (Å²) >= 11 is 0. The summed E-state index contributed by atoms with van der Waals surface area (Å²) in [5, 5.41) is 13.3. The summed E-state index contributed by atoms with van der Waals surface area (Å²) in [6.45, 7) is 5.97. The highest BCUT2D eigenvalue weighted by atomic mass is 16.4. The summed E-state index contributed by atoms with van der Waals surface area (Å²) in [7, 11) is 1.83. The van der Waals surface area contributed by atoms with Gasteiger partial charge in [0.25, 0.3) is 5.91 Å². The smallest absolute Gasteiger partial charge is 0.308 e. The monoisotopic (exact) mass is 293 g/mol. The van der Waals surface area contributed by atoms with Crippen LogP contribution in [0.3, 0.4) is 0 Å². The van der Waals surface area contributed by atoms with Crippen molar-refractivity contribution in [3.05, 3.63) is 17.5 Å². The van der Waals surface area contributed by atoms with Gasteiger partial charge in [0.05, 0.1) is 5.92 Å². The average molecular weight is 293 g/mol. The van der Waals surface area contributed by atoms with E-state index in [0.29, 0.717) is 5.69 Å². The van der Waals surface area contributed by atoms with E-state index in [4.69, 9.17) is 5.11 Å². The number of carboxylic acids is 1. The lowest BCUT2D eigenvalue weighted by Crippen LogP contribution is -2.38. The molecule has 1 fully saturated rings. The molecule has 0 saturated heterocycles. The molecule has 0 aliphatic heterocycles. The Kier molecular flexibility index (Phi) is 4.34. The van der Waals surface area contributed by atoms with Crippen LogP contribution in [0.25, 0.3) is 0 Å². The standard InChI is InChI=1S/C15H23N3O3/c1-9(2)13-7-12(16-17(13)4)14(19)18(11-5-6-11)8-10(3)15(20)21/h7,9-11H,5-6,8H2,1-4H3,(H,20,21). The van der Waals surface area contributed by atoms with Crippen LogP contribution in [-0.2, 0) is 11.8 Å². The van der Waals surface area contributed by atoms with Gasteiger partial charge in [-0.15, -0.1) is 0 Å². The Bertz CT molecular complexity index is 546. The molecule has 1 saturated carbocycles. The van der Waals surface area contributed by atoms with Crippen LogP contribution in [0.15, 0.2) is 6.07 Å². The van der Waals surface area contributed by atoms with Crippen molar-refractivity contribution < 1.29 is 14.7 Å². The third-order valence-corrected chi connectivity index (χ3v) is 3.87. The second kappa shape index (κ2) is 5.87. The molecule has 1 unspecified atom stereocenters. The fourth-order valence-electron chi connectivity index (χ4n) is 2.43. The molecule has 0 radical (unpaired) electrons. The molecule has 1 atom stereocenters. The van der Waals surface area contributed by atoms with Gasteiger partial charge in [0.1, 0.15) is 0 Å². The minimum Gasteiger partial charge on any atom is -0.481 e. The number of amides is 1. The van der Waals surface area contributed by atoms with Crippen LogP contribution in [0.2, 0.25) is 0 Å². The lowest BCUT2D eigenvalue weighted by molar-refractivity contribution is -0.141. The van der Waals surface area contributed by atoms with E-state index in [0.717, 1.165) is 18.5 Å². The highest BCUT2D eigenvalue weighted by Crippen LogP contribution is 2.29. The maximum Gasteiger partial charge on any atom is 0.308 e. The quantitative estimate of drug-likeness (QED) is 0.868. The van der Waals surface area contributed by atoms with Crippen molar-refractivity contribution in [3.63, 3.8) is 0 Å².